The minimum Gasteiger partial charge on any atom is -0.336 e. The van der Waals surface area contributed by atoms with E-state index in [2.05, 4.69) is 12.1 Å². The van der Waals surface area contributed by atoms with E-state index in [-0.39, 0.29) is 0 Å². The van der Waals surface area contributed by atoms with Crippen LogP contribution in [0.15, 0.2) is 12.2 Å². The van der Waals surface area contributed by atoms with Crippen LogP contribution < -0.4 is 0 Å². The zero-order valence-corrected chi connectivity index (χ0v) is 6.09. The second-order valence-corrected chi connectivity index (χ2v) is 1.91. The van der Waals surface area contributed by atoms with Crippen molar-refractivity contribution >= 4 is 0 Å². The lowest BCUT2D eigenvalue weighted by atomic mass is 10.4. The maximum absolute atomic E-state index is 5.11. The molecular formula is C8H13N. The summed E-state index contributed by atoms with van der Waals surface area (Å²) in [5.74, 6) is 0. The van der Waals surface area contributed by atoms with E-state index in [9.17, 15) is 0 Å². The van der Waals surface area contributed by atoms with Crippen molar-refractivity contribution in [3.05, 3.63) is 12.2 Å². The molecular weight excluding hydrogens is 110 g/mol. The van der Waals surface area contributed by atoms with Crippen LogP contribution in [0.1, 0.15) is 13.3 Å². The molecule has 0 radical (unpaired) electrons. The second kappa shape index (κ2) is 5.24. The zero-order valence-electron chi connectivity index (χ0n) is 6.09. The molecule has 0 aromatic rings. The molecule has 0 unspecified atom stereocenters. The molecule has 0 heterocycles. The van der Waals surface area contributed by atoms with Gasteiger partial charge in [-0.2, -0.15) is 0 Å². The summed E-state index contributed by atoms with van der Waals surface area (Å²) in [6.07, 6.45) is 10.3. The molecule has 0 saturated carbocycles. The SMILES string of the molecule is C#CN(C)CC/C=C/C. The third-order valence-corrected chi connectivity index (χ3v) is 1.09. The Morgan fingerprint density at radius 2 is 2.33 bits per heavy atom. The lowest BCUT2D eigenvalue weighted by molar-refractivity contribution is 0.492. The average molecular weight is 123 g/mol. The molecule has 0 spiro atoms. The summed E-state index contributed by atoms with van der Waals surface area (Å²) in [5.41, 5.74) is 0. The molecule has 0 aliphatic carbocycles. The van der Waals surface area contributed by atoms with E-state index in [1.165, 1.54) is 0 Å². The molecule has 0 atom stereocenters. The maximum Gasteiger partial charge on any atom is 0.0291 e. The van der Waals surface area contributed by atoms with Gasteiger partial charge in [-0.3, -0.25) is 0 Å². The first kappa shape index (κ1) is 8.10. The Kier molecular flexibility index (Phi) is 4.72. The molecule has 1 nitrogen and oxygen atoms in total. The van der Waals surface area contributed by atoms with Crippen molar-refractivity contribution in [3.63, 3.8) is 0 Å². The molecule has 0 aromatic heterocycles. The van der Waals surface area contributed by atoms with Crippen molar-refractivity contribution in [1.29, 1.82) is 0 Å². The smallest absolute Gasteiger partial charge is 0.0291 e. The first-order valence-corrected chi connectivity index (χ1v) is 3.09. The van der Waals surface area contributed by atoms with Crippen LogP contribution in [-0.4, -0.2) is 18.5 Å². The monoisotopic (exact) mass is 123 g/mol. The van der Waals surface area contributed by atoms with Crippen LogP contribution in [0.25, 0.3) is 0 Å². The van der Waals surface area contributed by atoms with Gasteiger partial charge in [-0.1, -0.05) is 18.6 Å². The van der Waals surface area contributed by atoms with Crippen molar-refractivity contribution in [2.24, 2.45) is 0 Å². The Morgan fingerprint density at radius 3 is 2.78 bits per heavy atom. The molecule has 0 aliphatic heterocycles. The van der Waals surface area contributed by atoms with Crippen LogP contribution >= 0.6 is 0 Å². The lowest BCUT2D eigenvalue weighted by Crippen LogP contribution is -2.11. The molecule has 0 saturated heterocycles. The highest BCUT2D eigenvalue weighted by Gasteiger charge is 1.84. The predicted octanol–water partition coefficient (Wildman–Crippen LogP) is 1.48. The first-order chi connectivity index (χ1) is 4.31. The standard InChI is InChI=1S/C8H13N/c1-4-6-7-8-9(3)5-2/h2,4,6H,7-8H2,1,3H3/b6-4+. The maximum atomic E-state index is 5.11. The summed E-state index contributed by atoms with van der Waals surface area (Å²) < 4.78 is 0. The van der Waals surface area contributed by atoms with Crippen LogP contribution in [0.5, 0.6) is 0 Å². The number of nitrogens with zero attached hydrogens (tertiary/aromatic N) is 1. The van der Waals surface area contributed by atoms with Gasteiger partial charge in [0.2, 0.25) is 0 Å². The number of hydrogen-bond acceptors (Lipinski definition) is 1. The minimum absolute atomic E-state index is 0.945. The van der Waals surface area contributed by atoms with E-state index in [4.69, 9.17) is 6.42 Å². The number of rotatable bonds is 3. The highest BCUT2D eigenvalue weighted by molar-refractivity contribution is 4.85. The second-order valence-electron chi connectivity index (χ2n) is 1.91. The number of allylic oxidation sites excluding steroid dienone is 1. The van der Waals surface area contributed by atoms with Gasteiger partial charge in [0.1, 0.15) is 0 Å². The molecule has 9 heavy (non-hydrogen) atoms. The van der Waals surface area contributed by atoms with E-state index in [1.54, 1.807) is 0 Å². The quantitative estimate of drug-likeness (QED) is 0.312. The molecule has 0 aliphatic rings. The highest BCUT2D eigenvalue weighted by atomic mass is 15.1. The Morgan fingerprint density at radius 1 is 1.67 bits per heavy atom. The van der Waals surface area contributed by atoms with Crippen LogP contribution in [0.3, 0.4) is 0 Å². The Bertz CT molecular complexity index is 119. The van der Waals surface area contributed by atoms with Gasteiger partial charge in [0.05, 0.1) is 0 Å². The normalized spacial score (nSPS) is 9.44. The summed E-state index contributed by atoms with van der Waals surface area (Å²) >= 11 is 0. The predicted molar refractivity (Wildman–Crippen MR) is 40.9 cm³/mol. The zero-order chi connectivity index (χ0) is 7.11. The number of terminal acetylenes is 1. The summed E-state index contributed by atoms with van der Waals surface area (Å²) in [6, 6.07) is 2.52. The van der Waals surface area contributed by atoms with Crippen molar-refractivity contribution in [3.8, 4) is 12.5 Å². The Hall–Kier alpha value is -0.900. The topological polar surface area (TPSA) is 3.24 Å². The van der Waals surface area contributed by atoms with Gasteiger partial charge in [-0.15, -0.1) is 0 Å². The van der Waals surface area contributed by atoms with Gasteiger partial charge in [0, 0.05) is 19.6 Å². The van der Waals surface area contributed by atoms with Crippen LogP contribution in [0, 0.1) is 12.5 Å². The Labute approximate surface area is 57.4 Å². The van der Waals surface area contributed by atoms with Gasteiger partial charge in [0.25, 0.3) is 0 Å². The fraction of sp³-hybridized carbons (Fsp3) is 0.500. The number of hydrogen-bond donors (Lipinski definition) is 0. The van der Waals surface area contributed by atoms with Gasteiger partial charge >= 0.3 is 0 Å². The van der Waals surface area contributed by atoms with Crippen LogP contribution in [0.2, 0.25) is 0 Å². The van der Waals surface area contributed by atoms with E-state index < -0.39 is 0 Å². The third kappa shape index (κ3) is 4.96. The average Bonchev–Trinajstić information content (AvgIpc) is 1.89. The van der Waals surface area contributed by atoms with Gasteiger partial charge in [-0.05, 0) is 13.3 Å². The van der Waals surface area contributed by atoms with Gasteiger partial charge in [-0.25, -0.2) is 0 Å². The van der Waals surface area contributed by atoms with Crippen LogP contribution in [-0.2, 0) is 0 Å². The van der Waals surface area contributed by atoms with Gasteiger partial charge < -0.3 is 4.90 Å². The highest BCUT2D eigenvalue weighted by Crippen LogP contribution is 1.85. The molecule has 0 aromatic carbocycles. The fourth-order valence-corrected chi connectivity index (χ4v) is 0.499. The molecule has 50 valence electrons. The molecule has 0 fully saturated rings. The minimum atomic E-state index is 0.945. The largest absolute Gasteiger partial charge is 0.336 e. The van der Waals surface area contributed by atoms with Gasteiger partial charge in [0.15, 0.2) is 0 Å². The summed E-state index contributed by atoms with van der Waals surface area (Å²) in [5, 5.41) is 0. The molecule has 1 heteroatoms. The lowest BCUT2D eigenvalue weighted by Gasteiger charge is -2.06. The van der Waals surface area contributed by atoms with Crippen molar-refractivity contribution in [2.75, 3.05) is 13.6 Å². The summed E-state index contributed by atoms with van der Waals surface area (Å²) in [6.45, 7) is 2.96. The van der Waals surface area contributed by atoms with Crippen LogP contribution in [0.4, 0.5) is 0 Å². The fourth-order valence-electron chi connectivity index (χ4n) is 0.499. The first-order valence-electron chi connectivity index (χ1n) is 3.09. The summed E-state index contributed by atoms with van der Waals surface area (Å²) in [4.78, 5) is 1.83. The molecule has 0 N–H and O–H groups in total. The van der Waals surface area contributed by atoms with Crippen molar-refractivity contribution in [2.45, 2.75) is 13.3 Å². The van der Waals surface area contributed by atoms with Crippen molar-refractivity contribution < 1.29 is 0 Å². The molecule has 0 amide bonds. The van der Waals surface area contributed by atoms with Crippen molar-refractivity contribution in [1.82, 2.24) is 4.90 Å². The third-order valence-electron chi connectivity index (χ3n) is 1.09. The van der Waals surface area contributed by atoms with E-state index >= 15 is 0 Å². The summed E-state index contributed by atoms with van der Waals surface area (Å²) in [7, 11) is 1.91. The van der Waals surface area contributed by atoms with E-state index in [0.29, 0.717) is 0 Å². The Balaban J connectivity index is 3.19. The molecule has 0 rings (SSSR count). The van der Waals surface area contributed by atoms with E-state index in [1.807, 2.05) is 24.9 Å². The van der Waals surface area contributed by atoms with E-state index in [0.717, 1.165) is 13.0 Å². The molecule has 0 bridgehead atoms.